The molecule has 11 heteroatoms. The fourth-order valence-corrected chi connectivity index (χ4v) is 4.55. The van der Waals surface area contributed by atoms with Gasteiger partial charge in [-0.05, 0) is 62.6 Å². The van der Waals surface area contributed by atoms with Gasteiger partial charge in [-0.2, -0.15) is 15.0 Å². The number of methoxy groups -OCH3 is 1. The molecule has 0 bridgehead atoms. The molecule has 1 fully saturated rings. The maximum atomic E-state index is 13.9. The van der Waals surface area contributed by atoms with Crippen molar-refractivity contribution in [2.75, 3.05) is 24.3 Å². The molecule has 36 heavy (non-hydrogen) atoms. The first-order chi connectivity index (χ1) is 17.2. The summed E-state index contributed by atoms with van der Waals surface area (Å²) in [4.78, 5) is 42.2. The van der Waals surface area contributed by atoms with Crippen LogP contribution in [-0.2, 0) is 9.59 Å². The Morgan fingerprint density at radius 3 is 2.50 bits per heavy atom. The van der Waals surface area contributed by atoms with E-state index in [1.807, 2.05) is 0 Å². The smallest absolute Gasteiger partial charge is 0.257 e. The van der Waals surface area contributed by atoms with Crippen LogP contribution < -0.4 is 15.4 Å². The van der Waals surface area contributed by atoms with E-state index >= 15 is 0 Å². The highest BCUT2D eigenvalue weighted by Crippen LogP contribution is 2.36. The predicted molar refractivity (Wildman–Crippen MR) is 136 cm³/mol. The summed E-state index contributed by atoms with van der Waals surface area (Å²) in [5.41, 5.74) is 1.05. The lowest BCUT2D eigenvalue weighted by Crippen LogP contribution is -2.53. The Morgan fingerprint density at radius 2 is 1.83 bits per heavy atom. The van der Waals surface area contributed by atoms with E-state index in [9.17, 15) is 14.4 Å². The van der Waals surface area contributed by atoms with Gasteiger partial charge in [0.05, 0.1) is 42.1 Å². The maximum Gasteiger partial charge on any atom is 0.257 e. The number of nitrogens with one attached hydrogen (secondary N) is 2. The lowest BCUT2D eigenvalue weighted by Gasteiger charge is -2.34. The largest absolute Gasteiger partial charge is 0.497 e. The summed E-state index contributed by atoms with van der Waals surface area (Å²) < 4.78 is 5.34. The van der Waals surface area contributed by atoms with E-state index in [0.717, 1.165) is 0 Å². The molecule has 2 heterocycles. The summed E-state index contributed by atoms with van der Waals surface area (Å²) in [6.07, 6.45) is 4.14. The first-order valence-corrected chi connectivity index (χ1v) is 11.8. The third-order valence-electron chi connectivity index (χ3n) is 6.39. The number of aromatic nitrogens is 3. The van der Waals surface area contributed by atoms with Gasteiger partial charge in [-0.15, -0.1) is 0 Å². The molecule has 2 aromatic carbocycles. The number of hydrogen-bond donors (Lipinski definition) is 2. The Morgan fingerprint density at radius 1 is 1.11 bits per heavy atom. The summed E-state index contributed by atoms with van der Waals surface area (Å²) in [5, 5.41) is 14.4. The molecule has 3 amide bonds. The van der Waals surface area contributed by atoms with Crippen LogP contribution in [0.15, 0.2) is 42.7 Å². The second-order valence-corrected chi connectivity index (χ2v) is 9.17. The number of amides is 3. The molecule has 0 radical (unpaired) electrons. The molecule has 1 atom stereocenters. The molecular weight excluding hydrogens is 484 g/mol. The number of nitrogens with zero attached hydrogens (tertiary/aromatic N) is 4. The molecule has 1 saturated heterocycles. The van der Waals surface area contributed by atoms with Crippen LogP contribution in [0.1, 0.15) is 42.6 Å². The third-order valence-corrected chi connectivity index (χ3v) is 6.80. The van der Waals surface area contributed by atoms with Crippen molar-refractivity contribution in [3.8, 4) is 11.4 Å². The first kappa shape index (κ1) is 25.2. The zero-order valence-corrected chi connectivity index (χ0v) is 21.2. The number of rotatable bonds is 6. The Hall–Kier alpha value is -3.92. The fourth-order valence-electron chi connectivity index (χ4n) is 4.39. The number of halogens is 1. The average Bonchev–Trinajstić information content (AvgIpc) is 3.53. The van der Waals surface area contributed by atoms with Gasteiger partial charge in [0.2, 0.25) is 11.8 Å². The van der Waals surface area contributed by atoms with Crippen LogP contribution in [0.2, 0.25) is 5.02 Å². The molecule has 1 aliphatic heterocycles. The van der Waals surface area contributed by atoms with Crippen molar-refractivity contribution in [3.63, 3.8) is 0 Å². The van der Waals surface area contributed by atoms with Crippen molar-refractivity contribution >= 4 is 40.7 Å². The molecule has 1 aromatic heterocycles. The van der Waals surface area contributed by atoms with Crippen molar-refractivity contribution in [1.29, 1.82) is 0 Å². The molecule has 3 aromatic rings. The summed E-state index contributed by atoms with van der Waals surface area (Å²) in [6.45, 7) is 5.26. The van der Waals surface area contributed by atoms with E-state index in [0.29, 0.717) is 58.3 Å². The topological polar surface area (TPSA) is 118 Å². The minimum atomic E-state index is -1.16. The summed E-state index contributed by atoms with van der Waals surface area (Å²) in [7, 11) is 1.52. The number of benzene rings is 2. The van der Waals surface area contributed by atoms with Crippen LogP contribution in [0.4, 0.5) is 11.4 Å². The molecule has 4 rings (SSSR count). The number of anilines is 2. The van der Waals surface area contributed by atoms with E-state index in [4.69, 9.17) is 16.3 Å². The van der Waals surface area contributed by atoms with E-state index < -0.39 is 5.54 Å². The minimum absolute atomic E-state index is 0.283. The predicted octanol–water partition coefficient (Wildman–Crippen LogP) is 3.83. The zero-order valence-electron chi connectivity index (χ0n) is 20.5. The van der Waals surface area contributed by atoms with Gasteiger partial charge in [0.25, 0.3) is 5.91 Å². The molecule has 2 N–H and O–H groups in total. The molecule has 188 valence electrons. The van der Waals surface area contributed by atoms with E-state index in [2.05, 4.69) is 20.8 Å². The molecule has 0 spiro atoms. The highest BCUT2D eigenvalue weighted by Gasteiger charge is 2.46. The van der Waals surface area contributed by atoms with Gasteiger partial charge in [-0.3, -0.25) is 14.4 Å². The van der Waals surface area contributed by atoms with Gasteiger partial charge < -0.3 is 20.3 Å². The summed E-state index contributed by atoms with van der Waals surface area (Å²) in [6, 6.07) is 8.32. The number of hydrogen-bond acceptors (Lipinski definition) is 6. The van der Waals surface area contributed by atoms with Crippen molar-refractivity contribution in [1.82, 2.24) is 19.9 Å². The Bertz CT molecular complexity index is 1330. The van der Waals surface area contributed by atoms with E-state index in [-0.39, 0.29) is 17.7 Å². The highest BCUT2D eigenvalue weighted by molar-refractivity contribution is 6.32. The number of likely N-dealkylation sites (tertiary alicyclic amines) is 1. The van der Waals surface area contributed by atoms with Crippen molar-refractivity contribution in [3.05, 3.63) is 58.9 Å². The zero-order chi connectivity index (χ0) is 26.0. The molecule has 10 nitrogen and oxygen atoms in total. The van der Waals surface area contributed by atoms with Crippen LogP contribution in [-0.4, -0.2) is 56.8 Å². The maximum absolute atomic E-state index is 13.9. The molecule has 0 aliphatic carbocycles. The van der Waals surface area contributed by atoms with Crippen LogP contribution in [0.25, 0.3) is 5.69 Å². The molecule has 0 unspecified atom stereocenters. The number of ether oxygens (including phenoxy) is 1. The fraction of sp³-hybridized carbons (Fsp3) is 0.320. The second kappa shape index (κ2) is 9.98. The number of carbonyl (C=O) groups is 3. The number of carbonyl (C=O) groups excluding carboxylic acids is 3. The standard InChI is InChI=1S/C25H27ClN6O4/c1-15-19(26)7-8-20(29-16(2)33)22(15)30-24(35)25(3)10-5-13-31(25)23(34)18-14-17(36-4)6-9-21(18)32-27-11-12-28-32/h6-9,11-12,14H,5,10,13H2,1-4H3,(H,29,33)(H,30,35)/t25-/m0/s1. The van der Waals surface area contributed by atoms with E-state index in [1.54, 1.807) is 49.1 Å². The highest BCUT2D eigenvalue weighted by atomic mass is 35.5. The van der Waals surface area contributed by atoms with Crippen LogP contribution in [0.5, 0.6) is 5.75 Å². The monoisotopic (exact) mass is 510 g/mol. The molecule has 1 aliphatic rings. The van der Waals surface area contributed by atoms with Gasteiger partial charge >= 0.3 is 0 Å². The molecule has 0 saturated carbocycles. The lowest BCUT2D eigenvalue weighted by atomic mass is 9.96. The van der Waals surface area contributed by atoms with Gasteiger partial charge in [0.15, 0.2) is 0 Å². The molecular formula is C25H27ClN6O4. The van der Waals surface area contributed by atoms with Gasteiger partial charge in [0.1, 0.15) is 11.3 Å². The van der Waals surface area contributed by atoms with Gasteiger partial charge in [-0.25, -0.2) is 0 Å². The Kier molecular flexibility index (Phi) is 6.98. The van der Waals surface area contributed by atoms with Crippen LogP contribution in [0.3, 0.4) is 0 Å². The van der Waals surface area contributed by atoms with Crippen LogP contribution in [0, 0.1) is 6.92 Å². The van der Waals surface area contributed by atoms with Gasteiger partial charge in [0, 0.05) is 18.5 Å². The Balaban J connectivity index is 1.69. The summed E-state index contributed by atoms with van der Waals surface area (Å²) >= 11 is 6.30. The van der Waals surface area contributed by atoms with E-state index in [1.165, 1.54) is 31.2 Å². The normalized spacial score (nSPS) is 17.1. The first-order valence-electron chi connectivity index (χ1n) is 11.4. The van der Waals surface area contributed by atoms with Crippen molar-refractivity contribution < 1.29 is 19.1 Å². The van der Waals surface area contributed by atoms with Crippen LogP contribution >= 0.6 is 11.6 Å². The minimum Gasteiger partial charge on any atom is -0.497 e. The summed E-state index contributed by atoms with van der Waals surface area (Å²) in [5.74, 6) is -0.517. The third kappa shape index (κ3) is 4.64. The second-order valence-electron chi connectivity index (χ2n) is 8.77. The lowest BCUT2D eigenvalue weighted by molar-refractivity contribution is -0.124. The SMILES string of the molecule is COc1ccc(-n2nccn2)c(C(=O)N2CCC[C@@]2(C)C(=O)Nc2c(NC(C)=O)ccc(Cl)c2C)c1. The van der Waals surface area contributed by atoms with Gasteiger partial charge in [-0.1, -0.05) is 11.6 Å². The van der Waals surface area contributed by atoms with Crippen molar-refractivity contribution in [2.45, 2.75) is 39.2 Å². The Labute approximate surface area is 213 Å². The quantitative estimate of drug-likeness (QED) is 0.520. The van der Waals surface area contributed by atoms with Crippen molar-refractivity contribution in [2.24, 2.45) is 0 Å². The average molecular weight is 511 g/mol.